The molecule has 1 aliphatic heterocycles. The number of fused-ring (bicyclic) bond motifs is 2. The van der Waals surface area contributed by atoms with Crippen LogP contribution in [-0.4, -0.2) is 31.1 Å². The molecule has 4 unspecified atom stereocenters. The molecule has 2 fully saturated rings. The number of hydrogen-bond acceptors (Lipinski definition) is 3. The van der Waals surface area contributed by atoms with Crippen molar-refractivity contribution in [2.24, 2.45) is 5.92 Å². The lowest BCUT2D eigenvalue weighted by Crippen LogP contribution is -2.44. The van der Waals surface area contributed by atoms with Gasteiger partial charge in [-0.15, -0.1) is 0 Å². The number of rotatable bonds is 3. The molecule has 13 heavy (non-hydrogen) atoms. The summed E-state index contributed by atoms with van der Waals surface area (Å²) < 4.78 is 28.3. The van der Waals surface area contributed by atoms with E-state index in [4.69, 9.17) is 0 Å². The zero-order chi connectivity index (χ0) is 9.42. The van der Waals surface area contributed by atoms with Gasteiger partial charge in [-0.05, 0) is 12.8 Å². The summed E-state index contributed by atoms with van der Waals surface area (Å²) in [5.74, 6) is -0.0588. The van der Waals surface area contributed by atoms with Crippen LogP contribution in [0.25, 0.3) is 0 Å². The Hall–Kier alpha value is -0.550. The minimum Gasteiger partial charge on any atom is -0.319 e. The topological polar surface area (TPSA) is 38.3 Å². The van der Waals surface area contributed by atoms with Crippen molar-refractivity contribution >= 4 is 6.29 Å². The SMILES string of the molecule is O=CC1NC2CC(OC(F)F)C1C2. The fourth-order valence-corrected chi connectivity index (χ4v) is 2.37. The predicted octanol–water partition coefficient (Wildman–Crippen LogP) is 0.543. The average Bonchev–Trinajstić information content (AvgIpc) is 2.60. The first-order valence-electron chi connectivity index (χ1n) is 4.35. The molecule has 1 saturated carbocycles. The fourth-order valence-electron chi connectivity index (χ4n) is 2.37. The molecular weight excluding hydrogens is 180 g/mol. The summed E-state index contributed by atoms with van der Waals surface area (Å²) in [7, 11) is 0. The number of aldehydes is 1. The maximum atomic E-state index is 11.9. The lowest BCUT2D eigenvalue weighted by Gasteiger charge is -2.26. The molecule has 5 heteroatoms. The van der Waals surface area contributed by atoms with Gasteiger partial charge in [0.1, 0.15) is 6.29 Å². The Morgan fingerprint density at radius 3 is 2.77 bits per heavy atom. The maximum absolute atomic E-state index is 11.9. The van der Waals surface area contributed by atoms with Crippen LogP contribution in [0.4, 0.5) is 8.78 Å². The first-order chi connectivity index (χ1) is 6.20. The quantitative estimate of drug-likeness (QED) is 0.662. The van der Waals surface area contributed by atoms with Gasteiger partial charge in [-0.1, -0.05) is 0 Å². The Labute approximate surface area is 74.4 Å². The van der Waals surface area contributed by atoms with Gasteiger partial charge >= 0.3 is 6.61 Å². The van der Waals surface area contributed by atoms with Crippen molar-refractivity contribution in [2.45, 2.75) is 37.6 Å². The number of piperidine rings is 1. The molecule has 0 radical (unpaired) electrons. The summed E-state index contributed by atoms with van der Waals surface area (Å²) in [6.07, 6.45) is 1.72. The van der Waals surface area contributed by atoms with Crippen LogP contribution >= 0.6 is 0 Å². The molecule has 1 N–H and O–H groups in total. The molecule has 74 valence electrons. The number of carbonyl (C=O) groups is 1. The van der Waals surface area contributed by atoms with Crippen molar-refractivity contribution in [3.63, 3.8) is 0 Å². The standard InChI is InChI=1S/C8H11F2NO2/c9-8(10)13-7-2-4-1-5(7)6(3-12)11-4/h3-8,11H,1-2H2. The molecule has 2 rings (SSSR count). The lowest BCUT2D eigenvalue weighted by molar-refractivity contribution is -0.176. The minimum atomic E-state index is -2.73. The van der Waals surface area contributed by atoms with Crippen molar-refractivity contribution in [3.05, 3.63) is 0 Å². The van der Waals surface area contributed by atoms with Gasteiger partial charge in [0.2, 0.25) is 0 Å². The number of carbonyl (C=O) groups excluding carboxylic acids is 1. The van der Waals surface area contributed by atoms with Gasteiger partial charge in [-0.25, -0.2) is 0 Å². The summed E-state index contributed by atoms with van der Waals surface area (Å²) in [5.41, 5.74) is 0. The van der Waals surface area contributed by atoms with Crippen LogP contribution in [0.15, 0.2) is 0 Å². The van der Waals surface area contributed by atoms with E-state index in [9.17, 15) is 13.6 Å². The number of alkyl halides is 2. The summed E-state index contributed by atoms with van der Waals surface area (Å²) in [6, 6.07) is -0.105. The van der Waals surface area contributed by atoms with Crippen molar-refractivity contribution in [2.75, 3.05) is 0 Å². The monoisotopic (exact) mass is 191 g/mol. The van der Waals surface area contributed by atoms with E-state index in [1.165, 1.54) is 0 Å². The Morgan fingerprint density at radius 1 is 1.46 bits per heavy atom. The highest BCUT2D eigenvalue weighted by Gasteiger charge is 2.47. The highest BCUT2D eigenvalue weighted by Crippen LogP contribution is 2.37. The first-order valence-corrected chi connectivity index (χ1v) is 4.35. The zero-order valence-electron chi connectivity index (χ0n) is 6.95. The van der Waals surface area contributed by atoms with Crippen LogP contribution < -0.4 is 5.32 Å². The normalized spacial score (nSPS) is 43.0. The van der Waals surface area contributed by atoms with Crippen molar-refractivity contribution in [3.8, 4) is 0 Å². The Balaban J connectivity index is 1.97. The zero-order valence-corrected chi connectivity index (χ0v) is 6.95. The van der Waals surface area contributed by atoms with E-state index in [-0.39, 0.29) is 18.0 Å². The number of hydrogen-bond donors (Lipinski definition) is 1. The van der Waals surface area contributed by atoms with Crippen LogP contribution in [0.1, 0.15) is 12.8 Å². The average molecular weight is 191 g/mol. The molecule has 0 aromatic heterocycles. The van der Waals surface area contributed by atoms with Crippen molar-refractivity contribution in [1.82, 2.24) is 5.32 Å². The number of nitrogens with one attached hydrogen (secondary N) is 1. The number of halogens is 2. The van der Waals surface area contributed by atoms with E-state index < -0.39 is 12.7 Å². The van der Waals surface area contributed by atoms with Crippen LogP contribution in [0.2, 0.25) is 0 Å². The van der Waals surface area contributed by atoms with E-state index in [1.807, 2.05) is 0 Å². The van der Waals surface area contributed by atoms with Gasteiger partial charge in [-0.3, -0.25) is 0 Å². The van der Waals surface area contributed by atoms with Crippen molar-refractivity contribution in [1.29, 1.82) is 0 Å². The highest BCUT2D eigenvalue weighted by molar-refractivity contribution is 5.59. The van der Waals surface area contributed by atoms with E-state index in [0.717, 1.165) is 12.7 Å². The van der Waals surface area contributed by atoms with Gasteiger partial charge < -0.3 is 14.8 Å². The smallest absolute Gasteiger partial charge is 0.319 e. The van der Waals surface area contributed by atoms with E-state index in [2.05, 4.69) is 10.1 Å². The van der Waals surface area contributed by atoms with Gasteiger partial charge in [-0.2, -0.15) is 8.78 Å². The minimum absolute atomic E-state index is 0.0588. The predicted molar refractivity (Wildman–Crippen MR) is 40.4 cm³/mol. The molecule has 0 amide bonds. The molecule has 0 spiro atoms. The second-order valence-corrected chi connectivity index (χ2v) is 3.60. The molecule has 1 aliphatic carbocycles. The third-order valence-electron chi connectivity index (χ3n) is 2.86. The molecular formula is C8H11F2NO2. The van der Waals surface area contributed by atoms with Crippen LogP contribution in [0.5, 0.6) is 0 Å². The lowest BCUT2D eigenvalue weighted by atomic mass is 9.98. The molecule has 3 nitrogen and oxygen atoms in total. The van der Waals surface area contributed by atoms with E-state index in [1.54, 1.807) is 0 Å². The highest BCUT2D eigenvalue weighted by atomic mass is 19.3. The second-order valence-electron chi connectivity index (χ2n) is 3.60. The Kier molecular flexibility index (Phi) is 2.29. The van der Waals surface area contributed by atoms with Gasteiger partial charge in [0.05, 0.1) is 12.1 Å². The molecule has 2 bridgehead atoms. The summed E-state index contributed by atoms with van der Waals surface area (Å²) in [4.78, 5) is 10.5. The van der Waals surface area contributed by atoms with Gasteiger partial charge in [0.15, 0.2) is 0 Å². The third kappa shape index (κ3) is 1.58. The largest absolute Gasteiger partial charge is 0.345 e. The summed E-state index contributed by atoms with van der Waals surface area (Å²) >= 11 is 0. The van der Waals surface area contributed by atoms with Crippen LogP contribution in [0.3, 0.4) is 0 Å². The maximum Gasteiger partial charge on any atom is 0.345 e. The van der Waals surface area contributed by atoms with E-state index in [0.29, 0.717) is 6.42 Å². The molecule has 0 aromatic carbocycles. The van der Waals surface area contributed by atoms with Crippen molar-refractivity contribution < 1.29 is 18.3 Å². The first kappa shape index (κ1) is 9.02. The third-order valence-corrected chi connectivity index (χ3v) is 2.86. The van der Waals surface area contributed by atoms with Gasteiger partial charge in [0.25, 0.3) is 0 Å². The second kappa shape index (κ2) is 3.31. The molecule has 1 heterocycles. The van der Waals surface area contributed by atoms with Crippen LogP contribution in [-0.2, 0) is 9.53 Å². The Morgan fingerprint density at radius 2 is 2.23 bits per heavy atom. The number of ether oxygens (including phenoxy) is 1. The molecule has 2 aliphatic rings. The summed E-state index contributed by atoms with van der Waals surface area (Å²) in [6.45, 7) is -2.73. The molecule has 0 aromatic rings. The Bertz CT molecular complexity index is 212. The fraction of sp³-hybridized carbons (Fsp3) is 0.875. The summed E-state index contributed by atoms with van der Waals surface area (Å²) in [5, 5.41) is 3.05. The van der Waals surface area contributed by atoms with E-state index >= 15 is 0 Å². The van der Waals surface area contributed by atoms with Crippen LogP contribution in [0, 0.1) is 5.92 Å². The molecule has 4 atom stereocenters. The molecule has 1 saturated heterocycles. The van der Waals surface area contributed by atoms with Gasteiger partial charge in [0, 0.05) is 12.0 Å².